The van der Waals surface area contributed by atoms with E-state index < -0.39 is 16.5 Å². The number of carbonyl (C=O) groups excluding carboxylic acids is 1. The zero-order chi connectivity index (χ0) is 26.6. The third-order valence-electron chi connectivity index (χ3n) is 6.45. The van der Waals surface area contributed by atoms with Crippen LogP contribution in [0.4, 0.5) is 17.1 Å². The van der Waals surface area contributed by atoms with Gasteiger partial charge in [0, 0.05) is 35.8 Å². The molecule has 1 aliphatic heterocycles. The number of thiocarbonyl (C=S) groups is 1. The maximum absolute atomic E-state index is 12.8. The van der Waals surface area contributed by atoms with Gasteiger partial charge >= 0.3 is 5.63 Å². The number of rotatable bonds is 5. The van der Waals surface area contributed by atoms with Crippen molar-refractivity contribution in [2.75, 3.05) is 23.3 Å². The summed E-state index contributed by atoms with van der Waals surface area (Å²) in [5.41, 5.74) is 2.34. The number of nitrogens with one attached hydrogen (secondary N) is 2. The number of para-hydroxylation sites is 1. The molecule has 10 heteroatoms. The van der Waals surface area contributed by atoms with Gasteiger partial charge in [-0.25, -0.2) is 4.79 Å². The van der Waals surface area contributed by atoms with Gasteiger partial charge in [-0.3, -0.25) is 20.2 Å². The number of piperidine rings is 1. The highest BCUT2D eigenvalue weighted by molar-refractivity contribution is 7.80. The minimum atomic E-state index is -0.554. The van der Waals surface area contributed by atoms with E-state index in [4.69, 9.17) is 16.6 Å². The third-order valence-corrected chi connectivity index (χ3v) is 6.66. The van der Waals surface area contributed by atoms with E-state index in [1.54, 1.807) is 54.6 Å². The van der Waals surface area contributed by atoms with Crippen LogP contribution in [0.25, 0.3) is 22.1 Å². The van der Waals surface area contributed by atoms with Crippen molar-refractivity contribution >= 4 is 51.3 Å². The van der Waals surface area contributed by atoms with E-state index in [1.807, 2.05) is 17.0 Å². The van der Waals surface area contributed by atoms with E-state index in [0.717, 1.165) is 37.7 Å². The van der Waals surface area contributed by atoms with Crippen LogP contribution in [-0.2, 0) is 0 Å². The molecule has 5 rings (SSSR count). The fourth-order valence-electron chi connectivity index (χ4n) is 4.55. The summed E-state index contributed by atoms with van der Waals surface area (Å²) < 4.78 is 5.41. The monoisotopic (exact) mass is 528 g/mol. The Morgan fingerprint density at radius 2 is 1.71 bits per heavy atom. The minimum Gasteiger partial charge on any atom is -0.422 e. The molecule has 2 heterocycles. The number of carbonyl (C=O) groups is 1. The van der Waals surface area contributed by atoms with Gasteiger partial charge in [0.15, 0.2) is 5.11 Å². The molecule has 38 heavy (non-hydrogen) atoms. The number of nitro groups is 1. The molecule has 0 radical (unpaired) electrons. The SMILES string of the molecule is O=C(NC(=S)Nc1ccc(-c2cc3ccccc3oc2=O)cc1)c1ccc(N2CCCCC2)c([N+](=O)[O-])c1. The van der Waals surface area contributed by atoms with Gasteiger partial charge in [0.1, 0.15) is 11.3 Å². The molecule has 4 aromatic rings. The second-order valence-electron chi connectivity index (χ2n) is 8.98. The van der Waals surface area contributed by atoms with Gasteiger partial charge in [0.2, 0.25) is 0 Å². The van der Waals surface area contributed by atoms with Crippen LogP contribution in [-0.4, -0.2) is 29.0 Å². The van der Waals surface area contributed by atoms with Crippen LogP contribution in [0.3, 0.4) is 0 Å². The van der Waals surface area contributed by atoms with Crippen LogP contribution in [0.15, 0.2) is 82.0 Å². The Balaban J connectivity index is 1.26. The molecule has 2 N–H and O–H groups in total. The number of fused-ring (bicyclic) bond motifs is 1. The molecule has 1 fully saturated rings. The predicted octanol–water partition coefficient (Wildman–Crippen LogP) is 5.49. The smallest absolute Gasteiger partial charge is 0.344 e. The summed E-state index contributed by atoms with van der Waals surface area (Å²) in [6, 6.07) is 20.5. The molecule has 3 aromatic carbocycles. The summed E-state index contributed by atoms with van der Waals surface area (Å²) in [5.74, 6) is -0.554. The van der Waals surface area contributed by atoms with Crippen molar-refractivity contribution in [1.29, 1.82) is 0 Å². The summed E-state index contributed by atoms with van der Waals surface area (Å²) in [6.07, 6.45) is 3.07. The zero-order valence-electron chi connectivity index (χ0n) is 20.3. The molecule has 0 spiro atoms. The molecule has 1 saturated heterocycles. The lowest BCUT2D eigenvalue weighted by atomic mass is 10.1. The standard InChI is InChI=1S/C28H24N4O5S/c33-26(20-10-13-23(24(17-20)32(35)36)31-14-4-1-5-15-31)30-28(38)29-21-11-8-18(9-12-21)22-16-19-6-2-3-7-25(19)37-27(22)34/h2-3,6-13,16-17H,1,4-5,14-15H2,(H2,29,30,33,38). The van der Waals surface area contributed by atoms with Gasteiger partial charge in [0.25, 0.3) is 11.6 Å². The van der Waals surface area contributed by atoms with Crippen molar-refractivity contribution in [3.05, 3.63) is 98.9 Å². The number of hydrogen-bond acceptors (Lipinski definition) is 7. The quantitative estimate of drug-likeness (QED) is 0.151. The Morgan fingerprint density at radius 1 is 0.974 bits per heavy atom. The Labute approximate surface area is 223 Å². The first-order valence-electron chi connectivity index (χ1n) is 12.2. The Morgan fingerprint density at radius 3 is 2.45 bits per heavy atom. The lowest BCUT2D eigenvalue weighted by Gasteiger charge is -2.28. The van der Waals surface area contributed by atoms with Crippen LogP contribution in [0, 0.1) is 10.1 Å². The van der Waals surface area contributed by atoms with E-state index in [0.29, 0.717) is 28.1 Å². The number of hydrogen-bond donors (Lipinski definition) is 2. The maximum Gasteiger partial charge on any atom is 0.344 e. The van der Waals surface area contributed by atoms with E-state index >= 15 is 0 Å². The predicted molar refractivity (Wildman–Crippen MR) is 151 cm³/mol. The van der Waals surface area contributed by atoms with E-state index in [-0.39, 0.29) is 16.4 Å². The molecule has 1 amide bonds. The molecule has 1 aliphatic rings. The molecule has 0 bridgehead atoms. The molecule has 0 saturated carbocycles. The van der Waals surface area contributed by atoms with Gasteiger partial charge in [-0.2, -0.15) is 0 Å². The summed E-state index contributed by atoms with van der Waals surface area (Å²) in [4.78, 5) is 38.4. The molecule has 1 aromatic heterocycles. The topological polar surface area (TPSA) is 118 Å². The normalized spacial score (nSPS) is 13.2. The fraction of sp³-hybridized carbons (Fsp3) is 0.179. The highest BCUT2D eigenvalue weighted by Gasteiger charge is 2.23. The van der Waals surface area contributed by atoms with Crippen molar-refractivity contribution < 1.29 is 14.1 Å². The van der Waals surface area contributed by atoms with Crippen LogP contribution in [0.1, 0.15) is 29.6 Å². The summed E-state index contributed by atoms with van der Waals surface area (Å²) in [5, 5.41) is 18.0. The molecular weight excluding hydrogens is 504 g/mol. The third kappa shape index (κ3) is 5.40. The molecule has 9 nitrogen and oxygen atoms in total. The molecule has 0 aliphatic carbocycles. The maximum atomic E-state index is 12.8. The Hall–Kier alpha value is -4.57. The van der Waals surface area contributed by atoms with Crippen molar-refractivity contribution in [3.63, 3.8) is 0 Å². The van der Waals surface area contributed by atoms with Crippen LogP contribution >= 0.6 is 12.2 Å². The van der Waals surface area contributed by atoms with Gasteiger partial charge in [-0.15, -0.1) is 0 Å². The Bertz CT molecular complexity index is 1590. The summed E-state index contributed by atoms with van der Waals surface area (Å²) in [7, 11) is 0. The highest BCUT2D eigenvalue weighted by Crippen LogP contribution is 2.31. The molecule has 192 valence electrons. The number of anilines is 2. The van der Waals surface area contributed by atoms with Gasteiger partial charge < -0.3 is 14.6 Å². The Kier molecular flexibility index (Phi) is 7.14. The van der Waals surface area contributed by atoms with Gasteiger partial charge in [0.05, 0.1) is 10.5 Å². The zero-order valence-corrected chi connectivity index (χ0v) is 21.1. The second kappa shape index (κ2) is 10.8. The lowest BCUT2D eigenvalue weighted by Crippen LogP contribution is -2.34. The number of nitrogens with zero attached hydrogens (tertiary/aromatic N) is 2. The average Bonchev–Trinajstić information content (AvgIpc) is 2.93. The number of amides is 1. The van der Waals surface area contributed by atoms with Crippen molar-refractivity contribution in [2.45, 2.75) is 19.3 Å². The largest absolute Gasteiger partial charge is 0.422 e. The van der Waals surface area contributed by atoms with Crippen LogP contribution < -0.4 is 21.2 Å². The van der Waals surface area contributed by atoms with E-state index in [9.17, 15) is 19.7 Å². The summed E-state index contributed by atoms with van der Waals surface area (Å²) in [6.45, 7) is 1.51. The molecule has 0 atom stereocenters. The van der Waals surface area contributed by atoms with E-state index in [1.165, 1.54) is 6.07 Å². The molecular formula is C28H24N4O5S. The lowest BCUT2D eigenvalue weighted by molar-refractivity contribution is -0.384. The van der Waals surface area contributed by atoms with Crippen LogP contribution in [0.2, 0.25) is 0 Å². The van der Waals surface area contributed by atoms with Gasteiger partial charge in [-0.05, 0) is 73.4 Å². The first kappa shape index (κ1) is 25.1. The fourth-order valence-corrected chi connectivity index (χ4v) is 4.76. The number of benzene rings is 3. The van der Waals surface area contributed by atoms with Gasteiger partial charge in [-0.1, -0.05) is 30.3 Å². The first-order valence-corrected chi connectivity index (χ1v) is 12.6. The van der Waals surface area contributed by atoms with Crippen LogP contribution in [0.5, 0.6) is 0 Å². The van der Waals surface area contributed by atoms with Crippen molar-refractivity contribution in [3.8, 4) is 11.1 Å². The van der Waals surface area contributed by atoms with E-state index in [2.05, 4.69) is 10.6 Å². The van der Waals surface area contributed by atoms with Crippen molar-refractivity contribution in [1.82, 2.24) is 5.32 Å². The van der Waals surface area contributed by atoms with Crippen molar-refractivity contribution in [2.24, 2.45) is 0 Å². The summed E-state index contributed by atoms with van der Waals surface area (Å²) >= 11 is 5.27. The highest BCUT2D eigenvalue weighted by atomic mass is 32.1. The second-order valence-corrected chi connectivity index (χ2v) is 9.39. The first-order chi connectivity index (χ1) is 18.4. The minimum absolute atomic E-state index is 0.0377. The average molecular weight is 529 g/mol. The molecule has 0 unspecified atom stereocenters. The number of nitro benzene ring substituents is 1.